The Balaban J connectivity index is 1.45. The van der Waals surface area contributed by atoms with Crippen LogP contribution < -0.4 is 4.90 Å². The fourth-order valence-corrected chi connectivity index (χ4v) is 3.37. The van der Waals surface area contributed by atoms with Crippen LogP contribution in [0.1, 0.15) is 10.5 Å². The molecule has 1 saturated heterocycles. The molecule has 0 N–H and O–H groups in total. The second kappa shape index (κ2) is 5.42. The SMILES string of the molecule is O=C(c1cn2ccsc2n1)N1CCN(c2ccccn2)CC1. The molecule has 4 heterocycles. The molecule has 0 spiro atoms. The van der Waals surface area contributed by atoms with Crippen molar-refractivity contribution < 1.29 is 4.79 Å². The smallest absolute Gasteiger partial charge is 0.274 e. The van der Waals surface area contributed by atoms with E-state index in [4.69, 9.17) is 0 Å². The van der Waals surface area contributed by atoms with Crippen molar-refractivity contribution in [2.75, 3.05) is 31.1 Å². The Hall–Kier alpha value is -2.41. The molecule has 6 nitrogen and oxygen atoms in total. The number of fused-ring (bicyclic) bond motifs is 1. The predicted octanol–water partition coefficient (Wildman–Crippen LogP) is 1.75. The minimum Gasteiger partial charge on any atom is -0.353 e. The number of piperazine rings is 1. The van der Waals surface area contributed by atoms with Gasteiger partial charge in [0.15, 0.2) is 4.96 Å². The summed E-state index contributed by atoms with van der Waals surface area (Å²) in [4.78, 5) is 26.2. The molecule has 1 fully saturated rings. The molecule has 112 valence electrons. The lowest BCUT2D eigenvalue weighted by Crippen LogP contribution is -2.49. The van der Waals surface area contributed by atoms with Crippen molar-refractivity contribution >= 4 is 28.0 Å². The number of anilines is 1. The number of carbonyl (C=O) groups excluding carboxylic acids is 1. The number of pyridine rings is 1. The van der Waals surface area contributed by atoms with Crippen LogP contribution in [0.15, 0.2) is 42.2 Å². The van der Waals surface area contributed by atoms with Crippen LogP contribution in [0.5, 0.6) is 0 Å². The van der Waals surface area contributed by atoms with Gasteiger partial charge in [-0.25, -0.2) is 9.97 Å². The lowest BCUT2D eigenvalue weighted by molar-refractivity contribution is 0.0741. The molecular formula is C15H15N5OS. The van der Waals surface area contributed by atoms with Crippen LogP contribution in [0.2, 0.25) is 0 Å². The Morgan fingerprint density at radius 2 is 2.05 bits per heavy atom. The van der Waals surface area contributed by atoms with Gasteiger partial charge >= 0.3 is 0 Å². The van der Waals surface area contributed by atoms with Gasteiger partial charge in [-0.15, -0.1) is 11.3 Å². The number of thiazole rings is 1. The minimum absolute atomic E-state index is 0.0107. The number of aromatic nitrogens is 3. The Labute approximate surface area is 131 Å². The first-order valence-corrected chi connectivity index (χ1v) is 8.07. The third-order valence-corrected chi connectivity index (χ3v) is 4.62. The van der Waals surface area contributed by atoms with E-state index in [2.05, 4.69) is 14.9 Å². The molecule has 3 aromatic heterocycles. The molecule has 0 unspecified atom stereocenters. The predicted molar refractivity (Wildman–Crippen MR) is 85.4 cm³/mol. The van der Waals surface area contributed by atoms with E-state index in [0.29, 0.717) is 18.8 Å². The first-order chi connectivity index (χ1) is 10.8. The number of amides is 1. The first-order valence-electron chi connectivity index (χ1n) is 7.19. The van der Waals surface area contributed by atoms with Gasteiger partial charge in [-0.1, -0.05) is 6.07 Å². The lowest BCUT2D eigenvalue weighted by atomic mass is 10.2. The van der Waals surface area contributed by atoms with Crippen molar-refractivity contribution in [3.8, 4) is 0 Å². The van der Waals surface area contributed by atoms with Crippen molar-refractivity contribution in [2.24, 2.45) is 0 Å². The number of nitrogens with zero attached hydrogens (tertiary/aromatic N) is 5. The molecule has 0 aromatic carbocycles. The van der Waals surface area contributed by atoms with E-state index in [1.165, 1.54) is 11.3 Å². The highest BCUT2D eigenvalue weighted by atomic mass is 32.1. The fourth-order valence-electron chi connectivity index (χ4n) is 2.67. The van der Waals surface area contributed by atoms with Gasteiger partial charge in [-0.2, -0.15) is 0 Å². The van der Waals surface area contributed by atoms with Crippen LogP contribution in [-0.4, -0.2) is 51.4 Å². The average Bonchev–Trinajstić information content (AvgIpc) is 3.17. The molecular weight excluding hydrogens is 298 g/mol. The van der Waals surface area contributed by atoms with Crippen LogP contribution in [0.4, 0.5) is 5.82 Å². The van der Waals surface area contributed by atoms with Gasteiger partial charge in [0.2, 0.25) is 0 Å². The second-order valence-corrected chi connectivity index (χ2v) is 6.06. The van der Waals surface area contributed by atoms with Crippen molar-refractivity contribution in [3.05, 3.63) is 47.9 Å². The van der Waals surface area contributed by atoms with Crippen molar-refractivity contribution in [3.63, 3.8) is 0 Å². The maximum Gasteiger partial charge on any atom is 0.274 e. The summed E-state index contributed by atoms with van der Waals surface area (Å²) in [6, 6.07) is 5.90. The third-order valence-electron chi connectivity index (χ3n) is 3.85. The molecule has 1 aliphatic rings. The van der Waals surface area contributed by atoms with Crippen molar-refractivity contribution in [1.82, 2.24) is 19.3 Å². The highest BCUT2D eigenvalue weighted by molar-refractivity contribution is 7.15. The number of carbonyl (C=O) groups is 1. The molecule has 1 aliphatic heterocycles. The average molecular weight is 313 g/mol. The summed E-state index contributed by atoms with van der Waals surface area (Å²) >= 11 is 1.53. The number of hydrogen-bond acceptors (Lipinski definition) is 5. The summed E-state index contributed by atoms with van der Waals surface area (Å²) in [5.41, 5.74) is 0.526. The van der Waals surface area contributed by atoms with Gasteiger partial charge in [-0.05, 0) is 12.1 Å². The van der Waals surface area contributed by atoms with E-state index in [9.17, 15) is 4.79 Å². The van der Waals surface area contributed by atoms with Gasteiger partial charge in [0, 0.05) is 50.1 Å². The molecule has 0 bridgehead atoms. The van der Waals surface area contributed by atoms with Crippen LogP contribution in [0.3, 0.4) is 0 Å². The molecule has 0 saturated carbocycles. The van der Waals surface area contributed by atoms with Gasteiger partial charge in [0.05, 0.1) is 0 Å². The highest BCUT2D eigenvalue weighted by Crippen LogP contribution is 2.16. The topological polar surface area (TPSA) is 53.7 Å². The normalized spacial score (nSPS) is 15.5. The molecule has 0 aliphatic carbocycles. The number of hydrogen-bond donors (Lipinski definition) is 0. The Morgan fingerprint density at radius 1 is 1.18 bits per heavy atom. The zero-order valence-corrected chi connectivity index (χ0v) is 12.7. The zero-order valence-electron chi connectivity index (χ0n) is 11.9. The molecule has 7 heteroatoms. The molecule has 3 aromatic rings. The molecule has 0 radical (unpaired) electrons. The van der Waals surface area contributed by atoms with E-state index < -0.39 is 0 Å². The van der Waals surface area contributed by atoms with E-state index in [1.54, 1.807) is 12.4 Å². The largest absolute Gasteiger partial charge is 0.353 e. The van der Waals surface area contributed by atoms with Gasteiger partial charge in [-0.3, -0.25) is 9.20 Å². The summed E-state index contributed by atoms with van der Waals surface area (Å²) in [6.07, 6.45) is 5.52. The van der Waals surface area contributed by atoms with E-state index in [1.807, 2.05) is 39.1 Å². The van der Waals surface area contributed by atoms with Crippen molar-refractivity contribution in [2.45, 2.75) is 0 Å². The Kier molecular flexibility index (Phi) is 3.27. The zero-order chi connectivity index (χ0) is 14.9. The molecule has 1 amide bonds. The first kappa shape index (κ1) is 13.3. The molecule has 0 atom stereocenters. The monoisotopic (exact) mass is 313 g/mol. The summed E-state index contributed by atoms with van der Waals surface area (Å²) in [7, 11) is 0. The quantitative estimate of drug-likeness (QED) is 0.723. The minimum atomic E-state index is 0.0107. The van der Waals surface area contributed by atoms with E-state index in [0.717, 1.165) is 23.9 Å². The summed E-state index contributed by atoms with van der Waals surface area (Å²) in [6.45, 7) is 2.98. The third kappa shape index (κ3) is 2.33. The summed E-state index contributed by atoms with van der Waals surface area (Å²) < 4.78 is 1.89. The molecule has 4 rings (SSSR count). The fraction of sp³-hybridized carbons (Fsp3) is 0.267. The van der Waals surface area contributed by atoms with Gasteiger partial charge in [0.25, 0.3) is 5.91 Å². The van der Waals surface area contributed by atoms with Gasteiger partial charge in [0.1, 0.15) is 11.5 Å². The maximum absolute atomic E-state index is 12.5. The van der Waals surface area contributed by atoms with Crippen LogP contribution in [0, 0.1) is 0 Å². The van der Waals surface area contributed by atoms with E-state index >= 15 is 0 Å². The van der Waals surface area contributed by atoms with Crippen molar-refractivity contribution in [1.29, 1.82) is 0 Å². The van der Waals surface area contributed by atoms with Crippen LogP contribution >= 0.6 is 11.3 Å². The number of rotatable bonds is 2. The summed E-state index contributed by atoms with van der Waals surface area (Å²) in [5, 5.41) is 1.96. The Bertz CT molecular complexity index is 760. The van der Waals surface area contributed by atoms with Gasteiger partial charge < -0.3 is 9.80 Å². The standard InChI is InChI=1S/C15H15N5OS/c21-14(12-11-20-9-10-22-15(20)17-12)19-7-5-18(6-8-19)13-3-1-2-4-16-13/h1-4,9-11H,5-8H2. The lowest BCUT2D eigenvalue weighted by Gasteiger charge is -2.35. The molecule has 22 heavy (non-hydrogen) atoms. The highest BCUT2D eigenvalue weighted by Gasteiger charge is 2.24. The number of imidazole rings is 1. The van der Waals surface area contributed by atoms with Crippen LogP contribution in [0.25, 0.3) is 4.96 Å². The maximum atomic E-state index is 12.5. The van der Waals surface area contributed by atoms with Crippen LogP contribution in [-0.2, 0) is 0 Å². The Morgan fingerprint density at radius 3 is 2.77 bits per heavy atom. The summed E-state index contributed by atoms with van der Waals surface area (Å²) in [5.74, 6) is 0.980. The second-order valence-electron chi connectivity index (χ2n) is 5.19. The van der Waals surface area contributed by atoms with E-state index in [-0.39, 0.29) is 5.91 Å².